The van der Waals surface area contributed by atoms with E-state index in [0.29, 0.717) is 11.3 Å². The van der Waals surface area contributed by atoms with Crippen LogP contribution in [-0.2, 0) is 13.6 Å². The molecule has 0 saturated carbocycles. The van der Waals surface area contributed by atoms with Crippen LogP contribution in [0.4, 0.5) is 0 Å². The van der Waals surface area contributed by atoms with Gasteiger partial charge >= 0.3 is 0 Å². The molecule has 0 aromatic carbocycles. The van der Waals surface area contributed by atoms with Crippen molar-refractivity contribution in [1.29, 1.82) is 0 Å². The first kappa shape index (κ1) is 8.36. The number of hydrogen-bond donors (Lipinski definition) is 0. The maximum atomic E-state index is 4.07. The smallest absolute Gasteiger partial charge is 0.217 e. The van der Waals surface area contributed by atoms with Crippen LogP contribution < -0.4 is 0 Å². The van der Waals surface area contributed by atoms with Crippen LogP contribution in [0.3, 0.4) is 0 Å². The van der Waals surface area contributed by atoms with Crippen molar-refractivity contribution in [2.45, 2.75) is 6.54 Å². The summed E-state index contributed by atoms with van der Waals surface area (Å²) in [4.78, 5) is 8.01. The third kappa shape index (κ3) is 1.74. The molecule has 0 aliphatic rings. The van der Waals surface area contributed by atoms with Gasteiger partial charge in [-0.25, -0.2) is 14.6 Å². The van der Waals surface area contributed by atoms with Gasteiger partial charge in [0.25, 0.3) is 0 Å². The second-order valence-corrected chi connectivity index (χ2v) is 3.22. The molecule has 0 radical (unpaired) electrons. The average Bonchev–Trinajstić information content (AvgIpc) is 2.64. The molecule has 0 fully saturated rings. The fourth-order valence-electron chi connectivity index (χ4n) is 0.956. The highest BCUT2D eigenvalue weighted by atomic mass is 79.9. The van der Waals surface area contributed by atoms with Crippen LogP contribution in [0, 0.1) is 0 Å². The van der Waals surface area contributed by atoms with E-state index in [1.165, 1.54) is 6.33 Å². The molecular formula is C6H7BrN6. The molecule has 68 valence electrons. The van der Waals surface area contributed by atoms with Crippen LogP contribution in [0.25, 0.3) is 0 Å². The third-order valence-electron chi connectivity index (χ3n) is 1.62. The normalized spacial score (nSPS) is 10.6. The quantitative estimate of drug-likeness (QED) is 0.756. The predicted octanol–water partition coefficient (Wildman–Crippen LogP) is 0.217. The highest BCUT2D eigenvalue weighted by molar-refractivity contribution is 9.10. The van der Waals surface area contributed by atoms with Gasteiger partial charge in [0.05, 0.1) is 0 Å². The lowest BCUT2D eigenvalue weighted by Gasteiger charge is -1.98. The van der Waals surface area contributed by atoms with Crippen molar-refractivity contribution in [3.63, 3.8) is 0 Å². The van der Waals surface area contributed by atoms with Gasteiger partial charge in [0, 0.05) is 7.05 Å². The molecule has 0 unspecified atom stereocenters. The third-order valence-corrected chi connectivity index (χ3v) is 1.98. The van der Waals surface area contributed by atoms with E-state index in [1.54, 1.807) is 15.7 Å². The van der Waals surface area contributed by atoms with Crippen LogP contribution in [-0.4, -0.2) is 29.5 Å². The van der Waals surface area contributed by atoms with E-state index in [9.17, 15) is 0 Å². The van der Waals surface area contributed by atoms with Crippen LogP contribution in [0.5, 0.6) is 0 Å². The SMILES string of the molecule is Cn1ncnc1Cn1cnc(Br)n1. The van der Waals surface area contributed by atoms with Gasteiger partial charge in [0.15, 0.2) is 0 Å². The largest absolute Gasteiger partial charge is 0.251 e. The summed E-state index contributed by atoms with van der Waals surface area (Å²) in [6.45, 7) is 0.578. The highest BCUT2D eigenvalue weighted by Gasteiger charge is 2.02. The molecular weight excluding hydrogens is 236 g/mol. The first-order valence-electron chi connectivity index (χ1n) is 3.63. The zero-order valence-corrected chi connectivity index (χ0v) is 8.51. The molecule has 0 aliphatic heterocycles. The van der Waals surface area contributed by atoms with Gasteiger partial charge in [-0.15, -0.1) is 5.10 Å². The van der Waals surface area contributed by atoms with E-state index in [4.69, 9.17) is 0 Å². The zero-order chi connectivity index (χ0) is 9.26. The standard InChI is InChI=1S/C6H7BrN6/c1-12-5(8-3-10-12)2-13-4-9-6(7)11-13/h3-4H,2H2,1H3. The Morgan fingerprint density at radius 2 is 2.31 bits per heavy atom. The second kappa shape index (κ2) is 3.25. The number of aromatic nitrogens is 6. The van der Waals surface area contributed by atoms with Crippen molar-refractivity contribution in [3.05, 3.63) is 23.2 Å². The van der Waals surface area contributed by atoms with Crippen molar-refractivity contribution in [2.75, 3.05) is 0 Å². The van der Waals surface area contributed by atoms with Gasteiger partial charge in [-0.05, 0) is 15.9 Å². The number of nitrogens with zero attached hydrogens (tertiary/aromatic N) is 6. The summed E-state index contributed by atoms with van der Waals surface area (Å²) in [5.41, 5.74) is 0. The summed E-state index contributed by atoms with van der Waals surface area (Å²) in [6, 6.07) is 0. The molecule has 0 aliphatic carbocycles. The van der Waals surface area contributed by atoms with Crippen molar-refractivity contribution >= 4 is 15.9 Å². The molecule has 2 rings (SSSR count). The van der Waals surface area contributed by atoms with E-state index >= 15 is 0 Å². The van der Waals surface area contributed by atoms with E-state index in [1.807, 2.05) is 7.05 Å². The summed E-state index contributed by atoms with van der Waals surface area (Å²) >= 11 is 3.17. The van der Waals surface area contributed by atoms with Gasteiger partial charge in [-0.2, -0.15) is 5.10 Å². The Labute approximate surface area is 82.7 Å². The number of aryl methyl sites for hydroxylation is 1. The lowest BCUT2D eigenvalue weighted by atomic mass is 10.6. The molecule has 0 bridgehead atoms. The van der Waals surface area contributed by atoms with Gasteiger partial charge in [-0.1, -0.05) is 0 Å². The van der Waals surface area contributed by atoms with Gasteiger partial charge < -0.3 is 0 Å². The summed E-state index contributed by atoms with van der Waals surface area (Å²) < 4.78 is 3.97. The Kier molecular flexibility index (Phi) is 2.09. The predicted molar refractivity (Wildman–Crippen MR) is 47.8 cm³/mol. The molecule has 0 saturated heterocycles. The van der Waals surface area contributed by atoms with Gasteiger partial charge in [0.1, 0.15) is 25.0 Å². The summed E-state index contributed by atoms with van der Waals surface area (Å²) in [7, 11) is 1.84. The Hall–Kier alpha value is -1.24. The zero-order valence-electron chi connectivity index (χ0n) is 6.92. The van der Waals surface area contributed by atoms with E-state index < -0.39 is 0 Å². The minimum Gasteiger partial charge on any atom is -0.251 e. The second-order valence-electron chi connectivity index (χ2n) is 2.51. The maximum Gasteiger partial charge on any atom is 0.217 e. The molecule has 6 nitrogen and oxygen atoms in total. The monoisotopic (exact) mass is 242 g/mol. The lowest BCUT2D eigenvalue weighted by molar-refractivity contribution is 0.605. The van der Waals surface area contributed by atoms with Crippen LogP contribution in [0.2, 0.25) is 0 Å². The van der Waals surface area contributed by atoms with Crippen LogP contribution in [0.1, 0.15) is 5.82 Å². The first-order chi connectivity index (χ1) is 6.25. The van der Waals surface area contributed by atoms with E-state index in [0.717, 1.165) is 5.82 Å². The lowest BCUT2D eigenvalue weighted by Crippen LogP contribution is -2.07. The van der Waals surface area contributed by atoms with Gasteiger partial charge in [-0.3, -0.25) is 4.68 Å². The van der Waals surface area contributed by atoms with E-state index in [2.05, 4.69) is 36.1 Å². The molecule has 2 aromatic rings. The minimum atomic E-state index is 0.578. The molecule has 13 heavy (non-hydrogen) atoms. The van der Waals surface area contributed by atoms with Crippen molar-refractivity contribution in [1.82, 2.24) is 29.5 Å². The molecule has 2 aromatic heterocycles. The summed E-state index contributed by atoms with van der Waals surface area (Å²) in [5, 5.41) is 8.02. The van der Waals surface area contributed by atoms with Crippen molar-refractivity contribution < 1.29 is 0 Å². The Morgan fingerprint density at radius 1 is 1.46 bits per heavy atom. The minimum absolute atomic E-state index is 0.578. The fourth-order valence-corrected chi connectivity index (χ4v) is 1.25. The Morgan fingerprint density at radius 3 is 2.85 bits per heavy atom. The summed E-state index contributed by atoms with van der Waals surface area (Å²) in [5.74, 6) is 0.845. The number of halogens is 1. The van der Waals surface area contributed by atoms with Gasteiger partial charge in [0.2, 0.25) is 4.73 Å². The molecule has 2 heterocycles. The highest BCUT2D eigenvalue weighted by Crippen LogP contribution is 2.00. The summed E-state index contributed by atoms with van der Waals surface area (Å²) in [6.07, 6.45) is 3.15. The molecule has 7 heteroatoms. The van der Waals surface area contributed by atoms with Crippen LogP contribution in [0.15, 0.2) is 17.4 Å². The topological polar surface area (TPSA) is 61.4 Å². The molecule has 0 N–H and O–H groups in total. The Balaban J connectivity index is 2.19. The number of hydrogen-bond acceptors (Lipinski definition) is 4. The molecule has 0 amide bonds. The maximum absolute atomic E-state index is 4.07. The van der Waals surface area contributed by atoms with Crippen LogP contribution >= 0.6 is 15.9 Å². The molecule has 0 atom stereocenters. The molecule has 0 spiro atoms. The first-order valence-corrected chi connectivity index (χ1v) is 4.43. The number of rotatable bonds is 2. The fraction of sp³-hybridized carbons (Fsp3) is 0.333. The average molecular weight is 243 g/mol. The van der Waals surface area contributed by atoms with Crippen molar-refractivity contribution in [3.8, 4) is 0 Å². The van der Waals surface area contributed by atoms with E-state index in [-0.39, 0.29) is 0 Å². The Bertz CT molecular complexity index is 405. The van der Waals surface area contributed by atoms with Crippen molar-refractivity contribution in [2.24, 2.45) is 7.05 Å².